The van der Waals surface area contributed by atoms with Crippen LogP contribution in [0.15, 0.2) is 97.1 Å². The summed E-state index contributed by atoms with van der Waals surface area (Å²) in [7, 11) is 0. The summed E-state index contributed by atoms with van der Waals surface area (Å²) in [6.45, 7) is 2.11. The molecule has 28 heavy (non-hydrogen) atoms. The zero-order valence-electron chi connectivity index (χ0n) is 16.0. The normalized spacial score (nSPS) is 10.8. The van der Waals surface area contributed by atoms with Gasteiger partial charge in [0.05, 0.1) is 0 Å². The molecule has 0 fully saturated rings. The van der Waals surface area contributed by atoms with Gasteiger partial charge in [-0.1, -0.05) is 96.6 Å². The maximum Gasteiger partial charge on any atom is 0.131 e. The van der Waals surface area contributed by atoms with Crippen LogP contribution in [0.3, 0.4) is 0 Å². The predicted octanol–water partition coefficient (Wildman–Crippen LogP) is 7.25. The van der Waals surface area contributed by atoms with Gasteiger partial charge in [0, 0.05) is 5.56 Å². The van der Waals surface area contributed by atoms with Crippen LogP contribution < -0.4 is 0 Å². The molecule has 0 N–H and O–H groups in total. The van der Waals surface area contributed by atoms with Crippen molar-refractivity contribution in [1.82, 2.24) is 0 Å². The Labute approximate surface area is 166 Å². The van der Waals surface area contributed by atoms with E-state index in [1.807, 2.05) is 54.6 Å². The number of halogens is 1. The van der Waals surface area contributed by atoms with Crippen molar-refractivity contribution in [1.29, 1.82) is 0 Å². The van der Waals surface area contributed by atoms with E-state index in [-0.39, 0.29) is 5.82 Å². The second-order valence-corrected chi connectivity index (χ2v) is 7.24. The summed E-state index contributed by atoms with van der Waals surface area (Å²) >= 11 is 0. The van der Waals surface area contributed by atoms with Gasteiger partial charge in [0.15, 0.2) is 0 Å². The monoisotopic (exact) mass is 366 g/mol. The first-order valence-corrected chi connectivity index (χ1v) is 9.69. The molecule has 4 rings (SSSR count). The number of hydrogen-bond acceptors (Lipinski definition) is 0. The Balaban J connectivity index is 1.48. The zero-order valence-corrected chi connectivity index (χ0v) is 16.0. The summed E-state index contributed by atoms with van der Waals surface area (Å²) in [5.41, 5.74) is 7.38. The summed E-state index contributed by atoms with van der Waals surface area (Å²) in [5, 5.41) is 0. The molecular weight excluding hydrogens is 343 g/mol. The van der Waals surface area contributed by atoms with Gasteiger partial charge in [0.25, 0.3) is 0 Å². The minimum Gasteiger partial charge on any atom is -0.206 e. The van der Waals surface area contributed by atoms with E-state index in [1.54, 1.807) is 6.07 Å². The van der Waals surface area contributed by atoms with Crippen LogP contribution in [0.25, 0.3) is 22.3 Å². The van der Waals surface area contributed by atoms with Crippen molar-refractivity contribution in [2.24, 2.45) is 0 Å². The van der Waals surface area contributed by atoms with Gasteiger partial charge in [0.1, 0.15) is 5.82 Å². The van der Waals surface area contributed by atoms with E-state index in [4.69, 9.17) is 0 Å². The lowest BCUT2D eigenvalue weighted by atomic mass is 9.97. The molecule has 4 aromatic carbocycles. The third-order valence-electron chi connectivity index (χ3n) is 5.16. The first-order chi connectivity index (χ1) is 13.7. The molecule has 138 valence electrons. The van der Waals surface area contributed by atoms with E-state index in [1.165, 1.54) is 16.7 Å². The minimum absolute atomic E-state index is 0.186. The number of hydrogen-bond donors (Lipinski definition) is 0. The van der Waals surface area contributed by atoms with Gasteiger partial charge in [-0.2, -0.15) is 0 Å². The Hall–Kier alpha value is -3.19. The maximum absolute atomic E-state index is 14.7. The summed E-state index contributed by atoms with van der Waals surface area (Å²) in [5.74, 6) is -0.186. The molecule has 0 atom stereocenters. The fourth-order valence-corrected chi connectivity index (χ4v) is 3.45. The molecule has 0 heterocycles. The van der Waals surface area contributed by atoms with E-state index < -0.39 is 0 Å². The molecule has 0 spiro atoms. The van der Waals surface area contributed by atoms with E-state index in [9.17, 15) is 4.39 Å². The molecule has 0 aliphatic rings. The highest BCUT2D eigenvalue weighted by atomic mass is 19.1. The summed E-state index contributed by atoms with van der Waals surface area (Å²) in [4.78, 5) is 0. The van der Waals surface area contributed by atoms with Gasteiger partial charge >= 0.3 is 0 Å². The number of aryl methyl sites for hydroxylation is 3. The number of benzene rings is 4. The maximum atomic E-state index is 14.7. The fourth-order valence-electron chi connectivity index (χ4n) is 3.45. The van der Waals surface area contributed by atoms with Gasteiger partial charge in [0.2, 0.25) is 0 Å². The third-order valence-corrected chi connectivity index (χ3v) is 5.16. The molecular formula is C27H23F. The van der Waals surface area contributed by atoms with E-state index in [0.717, 1.165) is 29.5 Å². The second kappa shape index (κ2) is 8.22. The Morgan fingerprint density at radius 3 is 1.75 bits per heavy atom. The Morgan fingerprint density at radius 1 is 0.571 bits per heavy atom. The highest BCUT2D eigenvalue weighted by Crippen LogP contribution is 2.28. The smallest absolute Gasteiger partial charge is 0.131 e. The van der Waals surface area contributed by atoms with E-state index >= 15 is 0 Å². The molecule has 1 heteroatoms. The molecule has 0 aromatic heterocycles. The molecule has 4 aromatic rings. The highest BCUT2D eigenvalue weighted by molar-refractivity contribution is 5.71. The van der Waals surface area contributed by atoms with Gasteiger partial charge in [-0.05, 0) is 53.6 Å². The van der Waals surface area contributed by atoms with Crippen molar-refractivity contribution in [3.8, 4) is 22.3 Å². The molecule has 0 nitrogen and oxygen atoms in total. The van der Waals surface area contributed by atoms with Gasteiger partial charge < -0.3 is 0 Å². The minimum atomic E-state index is -0.186. The van der Waals surface area contributed by atoms with Crippen molar-refractivity contribution in [3.05, 3.63) is 120 Å². The van der Waals surface area contributed by atoms with Crippen molar-refractivity contribution < 1.29 is 4.39 Å². The predicted molar refractivity (Wildman–Crippen MR) is 116 cm³/mol. The van der Waals surface area contributed by atoms with Gasteiger partial charge in [-0.15, -0.1) is 0 Å². The quantitative estimate of drug-likeness (QED) is 0.349. The largest absolute Gasteiger partial charge is 0.206 e. The van der Waals surface area contributed by atoms with Crippen molar-refractivity contribution in [2.75, 3.05) is 0 Å². The van der Waals surface area contributed by atoms with Crippen LogP contribution in [-0.2, 0) is 12.8 Å². The van der Waals surface area contributed by atoms with Crippen LogP contribution in [0.5, 0.6) is 0 Å². The summed E-state index contributed by atoms with van der Waals surface area (Å²) < 4.78 is 14.7. The lowest BCUT2D eigenvalue weighted by Gasteiger charge is -2.08. The standard InChI is InChI=1S/C27H23F/c1-20-7-9-21(10-8-20)11-12-22-13-15-24(16-14-22)26-18-17-25(19-27(26)28)23-5-3-2-4-6-23/h2-10,13-19H,11-12H2,1H3. The van der Waals surface area contributed by atoms with Gasteiger partial charge in [-0.25, -0.2) is 4.39 Å². The van der Waals surface area contributed by atoms with Crippen LogP contribution in [0.4, 0.5) is 4.39 Å². The average Bonchev–Trinajstić information content (AvgIpc) is 2.74. The lowest BCUT2D eigenvalue weighted by molar-refractivity contribution is 0.632. The molecule has 0 aliphatic heterocycles. The molecule has 0 aliphatic carbocycles. The highest BCUT2D eigenvalue weighted by Gasteiger charge is 2.07. The van der Waals surface area contributed by atoms with Crippen LogP contribution >= 0.6 is 0 Å². The molecule has 0 saturated heterocycles. The van der Waals surface area contributed by atoms with Crippen LogP contribution in [0.1, 0.15) is 16.7 Å². The van der Waals surface area contributed by atoms with Crippen molar-refractivity contribution in [2.45, 2.75) is 19.8 Å². The Morgan fingerprint density at radius 2 is 1.14 bits per heavy atom. The molecule has 0 bridgehead atoms. The lowest BCUT2D eigenvalue weighted by Crippen LogP contribution is -1.92. The Bertz CT molecular complexity index is 1050. The van der Waals surface area contributed by atoms with E-state index in [2.05, 4.69) is 43.3 Å². The van der Waals surface area contributed by atoms with E-state index in [0.29, 0.717) is 5.56 Å². The first-order valence-electron chi connectivity index (χ1n) is 9.69. The fraction of sp³-hybridized carbons (Fsp3) is 0.111. The number of rotatable bonds is 5. The van der Waals surface area contributed by atoms with Crippen LogP contribution in [-0.4, -0.2) is 0 Å². The van der Waals surface area contributed by atoms with Crippen LogP contribution in [0, 0.1) is 12.7 Å². The van der Waals surface area contributed by atoms with Crippen LogP contribution in [0.2, 0.25) is 0 Å². The zero-order chi connectivity index (χ0) is 19.3. The molecule has 0 radical (unpaired) electrons. The Kier molecular flexibility index (Phi) is 5.34. The summed E-state index contributed by atoms with van der Waals surface area (Å²) in [6.07, 6.45) is 2.00. The summed E-state index contributed by atoms with van der Waals surface area (Å²) in [6, 6.07) is 32.3. The second-order valence-electron chi connectivity index (χ2n) is 7.24. The van der Waals surface area contributed by atoms with Gasteiger partial charge in [-0.3, -0.25) is 0 Å². The third kappa shape index (κ3) is 4.20. The molecule has 0 saturated carbocycles. The SMILES string of the molecule is Cc1ccc(CCc2ccc(-c3ccc(-c4ccccc4)cc3F)cc2)cc1. The average molecular weight is 366 g/mol. The molecule has 0 amide bonds. The molecule has 0 unspecified atom stereocenters. The first kappa shape index (κ1) is 18.2. The van der Waals surface area contributed by atoms with Crippen molar-refractivity contribution >= 4 is 0 Å². The topological polar surface area (TPSA) is 0 Å². The van der Waals surface area contributed by atoms with Crippen molar-refractivity contribution in [3.63, 3.8) is 0 Å².